The van der Waals surface area contributed by atoms with Crippen molar-refractivity contribution in [1.82, 2.24) is 25.1 Å². The maximum atomic E-state index is 10.7. The highest BCUT2D eigenvalue weighted by atomic mass is 16.3. The molecule has 0 bridgehead atoms. The summed E-state index contributed by atoms with van der Waals surface area (Å²) in [4.78, 5) is 11.7. The maximum Gasteiger partial charge on any atom is 0.159 e. The molecule has 148 valence electrons. The molecule has 1 atom stereocenters. The van der Waals surface area contributed by atoms with Crippen LogP contribution >= 0.6 is 0 Å². The van der Waals surface area contributed by atoms with E-state index in [9.17, 15) is 5.11 Å². The highest BCUT2D eigenvalue weighted by Gasteiger charge is 2.22. The molecule has 4 aromatic rings. The number of pyridine rings is 2. The number of phenolic OH excluding ortho intramolecular Hbond substituents is 1. The van der Waals surface area contributed by atoms with E-state index in [2.05, 4.69) is 26.4 Å². The van der Waals surface area contributed by atoms with Crippen molar-refractivity contribution in [3.63, 3.8) is 0 Å². The summed E-state index contributed by atoms with van der Waals surface area (Å²) in [6.45, 7) is 3.91. The Morgan fingerprint density at radius 1 is 1.21 bits per heavy atom. The molecule has 0 unspecified atom stereocenters. The molecule has 3 aromatic heterocycles. The number of nitrogens with one attached hydrogen (secondary N) is 1. The van der Waals surface area contributed by atoms with Crippen LogP contribution in [-0.2, 0) is 7.05 Å². The largest absolute Gasteiger partial charge is 0.507 e. The van der Waals surface area contributed by atoms with Gasteiger partial charge in [-0.15, -0.1) is 0 Å². The van der Waals surface area contributed by atoms with Gasteiger partial charge in [-0.05, 0) is 44.7 Å². The van der Waals surface area contributed by atoms with Gasteiger partial charge in [0.1, 0.15) is 5.75 Å². The van der Waals surface area contributed by atoms with Gasteiger partial charge in [-0.1, -0.05) is 0 Å². The van der Waals surface area contributed by atoms with Gasteiger partial charge in [-0.2, -0.15) is 5.10 Å². The third kappa shape index (κ3) is 2.98. The van der Waals surface area contributed by atoms with E-state index in [4.69, 9.17) is 4.98 Å². The number of hydrogen-bond donors (Lipinski definition) is 2. The fraction of sp³-hybridized carbons (Fsp3) is 0.318. The first-order valence-electron chi connectivity index (χ1n) is 9.89. The molecule has 7 nitrogen and oxygen atoms in total. The maximum absolute atomic E-state index is 10.7. The lowest BCUT2D eigenvalue weighted by molar-refractivity contribution is 0.474. The van der Waals surface area contributed by atoms with Gasteiger partial charge in [-0.25, -0.2) is 9.97 Å². The number of nitrogens with zero attached hydrogens (tertiary/aromatic N) is 5. The summed E-state index contributed by atoms with van der Waals surface area (Å²) in [5, 5.41) is 20.5. The molecule has 0 spiro atoms. The molecule has 2 N–H and O–H groups in total. The summed E-state index contributed by atoms with van der Waals surface area (Å²) in [5.74, 6) is 0.217. The van der Waals surface area contributed by atoms with Crippen LogP contribution in [0.4, 0.5) is 5.69 Å². The van der Waals surface area contributed by atoms with Crippen LogP contribution in [0.5, 0.6) is 5.75 Å². The van der Waals surface area contributed by atoms with Crippen LogP contribution in [0.1, 0.15) is 12.0 Å². The lowest BCUT2D eigenvalue weighted by Gasteiger charge is -2.18. The second kappa shape index (κ2) is 6.70. The molecule has 0 saturated carbocycles. The van der Waals surface area contributed by atoms with Crippen LogP contribution in [-0.4, -0.2) is 51.0 Å². The molecule has 1 aliphatic rings. The summed E-state index contributed by atoms with van der Waals surface area (Å²) in [7, 11) is 3.89. The predicted octanol–water partition coefficient (Wildman–Crippen LogP) is 3.00. The van der Waals surface area contributed by atoms with Crippen LogP contribution in [0.25, 0.3) is 33.2 Å². The Morgan fingerprint density at radius 3 is 2.86 bits per heavy atom. The normalized spacial score (nSPS) is 16.9. The van der Waals surface area contributed by atoms with Crippen molar-refractivity contribution in [3.05, 3.63) is 42.2 Å². The molecule has 0 amide bonds. The summed E-state index contributed by atoms with van der Waals surface area (Å²) in [5.41, 5.74) is 4.78. The molecule has 7 heteroatoms. The Kier molecular flexibility index (Phi) is 4.13. The summed E-state index contributed by atoms with van der Waals surface area (Å²) >= 11 is 0. The minimum Gasteiger partial charge on any atom is -0.507 e. The second-order valence-corrected chi connectivity index (χ2v) is 7.80. The zero-order valence-electron chi connectivity index (χ0n) is 16.8. The minimum absolute atomic E-state index is 0.217. The van der Waals surface area contributed by atoms with E-state index in [0.29, 0.717) is 22.9 Å². The van der Waals surface area contributed by atoms with Gasteiger partial charge >= 0.3 is 0 Å². The van der Waals surface area contributed by atoms with Gasteiger partial charge in [0.15, 0.2) is 5.65 Å². The average molecular weight is 388 g/mol. The van der Waals surface area contributed by atoms with E-state index in [1.165, 1.54) is 0 Å². The van der Waals surface area contributed by atoms with Crippen molar-refractivity contribution >= 4 is 27.6 Å². The van der Waals surface area contributed by atoms with E-state index >= 15 is 0 Å². The molecule has 29 heavy (non-hydrogen) atoms. The highest BCUT2D eigenvalue weighted by molar-refractivity contribution is 5.91. The monoisotopic (exact) mass is 388 g/mol. The van der Waals surface area contributed by atoms with E-state index < -0.39 is 0 Å². The molecule has 0 aliphatic carbocycles. The van der Waals surface area contributed by atoms with E-state index in [-0.39, 0.29) is 5.75 Å². The lowest BCUT2D eigenvalue weighted by Crippen LogP contribution is -2.29. The van der Waals surface area contributed by atoms with Crippen molar-refractivity contribution in [2.75, 3.05) is 25.0 Å². The standard InChI is InChI=1S/C22H24N6O/c1-13-20-15(11-27(3)26-20)9-18(21(13)29)19-5-4-14-8-17(10-24-22(14)25-19)28-7-6-16(12-28)23-2/h4-5,8-11,16,23,29H,6-7,12H2,1-3H3/t16-/m0/s1. The number of hydrogen-bond acceptors (Lipinski definition) is 6. The third-order valence-electron chi connectivity index (χ3n) is 5.89. The fourth-order valence-electron chi connectivity index (χ4n) is 4.19. The van der Waals surface area contributed by atoms with Gasteiger partial charge in [0, 0.05) is 54.3 Å². The summed E-state index contributed by atoms with van der Waals surface area (Å²) in [6, 6.07) is 8.59. The Labute approximate surface area is 169 Å². The molecule has 1 aliphatic heterocycles. The SMILES string of the molecule is CN[C@H]1CCN(c2cnc3nc(-c4cc5cn(C)nc5c(C)c4O)ccc3c2)C1. The van der Waals surface area contributed by atoms with E-state index in [1.54, 1.807) is 4.68 Å². The lowest BCUT2D eigenvalue weighted by atomic mass is 10.0. The molecule has 5 rings (SSSR count). The van der Waals surface area contributed by atoms with Crippen LogP contribution in [0, 0.1) is 6.92 Å². The van der Waals surface area contributed by atoms with Crippen LogP contribution in [0.3, 0.4) is 0 Å². The second-order valence-electron chi connectivity index (χ2n) is 7.80. The Balaban J connectivity index is 1.54. The number of fused-ring (bicyclic) bond motifs is 2. The molecule has 1 aromatic carbocycles. The zero-order valence-corrected chi connectivity index (χ0v) is 16.8. The van der Waals surface area contributed by atoms with Crippen molar-refractivity contribution in [2.45, 2.75) is 19.4 Å². The first-order chi connectivity index (χ1) is 14.0. The first-order valence-corrected chi connectivity index (χ1v) is 9.89. The van der Waals surface area contributed by atoms with Crippen molar-refractivity contribution in [2.24, 2.45) is 7.05 Å². The van der Waals surface area contributed by atoms with Gasteiger partial charge in [-0.3, -0.25) is 4.68 Å². The number of rotatable bonds is 3. The molecule has 4 heterocycles. The van der Waals surface area contributed by atoms with Gasteiger partial charge in [0.05, 0.1) is 23.1 Å². The van der Waals surface area contributed by atoms with Gasteiger partial charge < -0.3 is 15.3 Å². The molecule has 1 fully saturated rings. The predicted molar refractivity (Wildman–Crippen MR) is 115 cm³/mol. The minimum atomic E-state index is 0.217. The quantitative estimate of drug-likeness (QED) is 0.562. The number of likely N-dealkylation sites (N-methyl/N-ethyl adjacent to an activating group) is 1. The number of aryl methyl sites for hydroxylation is 2. The Morgan fingerprint density at radius 2 is 2.07 bits per heavy atom. The van der Waals surface area contributed by atoms with Gasteiger partial charge in [0.2, 0.25) is 0 Å². The summed E-state index contributed by atoms with van der Waals surface area (Å²) < 4.78 is 1.76. The van der Waals surface area contributed by atoms with Crippen molar-refractivity contribution < 1.29 is 5.11 Å². The van der Waals surface area contributed by atoms with E-state index in [1.807, 2.05) is 51.6 Å². The molecular formula is C22H24N6O. The Hall–Kier alpha value is -3.19. The van der Waals surface area contributed by atoms with Crippen molar-refractivity contribution in [3.8, 4) is 17.0 Å². The van der Waals surface area contributed by atoms with Gasteiger partial charge in [0.25, 0.3) is 0 Å². The summed E-state index contributed by atoms with van der Waals surface area (Å²) in [6.07, 6.45) is 4.99. The Bertz CT molecular complexity index is 1230. The van der Waals surface area contributed by atoms with Crippen molar-refractivity contribution in [1.29, 1.82) is 0 Å². The smallest absolute Gasteiger partial charge is 0.159 e. The number of anilines is 1. The highest BCUT2D eigenvalue weighted by Crippen LogP contribution is 2.36. The average Bonchev–Trinajstić information content (AvgIpc) is 3.36. The molecule has 1 saturated heterocycles. The molecule has 0 radical (unpaired) electrons. The molecular weight excluding hydrogens is 364 g/mol. The fourth-order valence-corrected chi connectivity index (χ4v) is 4.19. The van der Waals surface area contributed by atoms with Crippen LogP contribution in [0.2, 0.25) is 0 Å². The topological polar surface area (TPSA) is 79.1 Å². The van der Waals surface area contributed by atoms with Crippen LogP contribution in [0.15, 0.2) is 36.7 Å². The zero-order chi connectivity index (χ0) is 20.1. The first kappa shape index (κ1) is 17.9. The van der Waals surface area contributed by atoms with E-state index in [0.717, 1.165) is 47.1 Å². The number of phenols is 1. The number of aromatic hydroxyl groups is 1. The van der Waals surface area contributed by atoms with Crippen LogP contribution < -0.4 is 10.2 Å². The number of aromatic nitrogens is 4. The third-order valence-corrected chi connectivity index (χ3v) is 5.89. The number of benzene rings is 1.